The SMILES string of the molecule is C[C@H]1CCCN(Cn2nc(-c3ccncc3)n(-c3ccc(F)cc3)c2=S)C1. The second-order valence-corrected chi connectivity index (χ2v) is 7.48. The summed E-state index contributed by atoms with van der Waals surface area (Å²) in [4.78, 5) is 6.48. The molecule has 3 heterocycles. The van der Waals surface area contributed by atoms with Crippen LogP contribution in [-0.4, -0.2) is 37.3 Å². The highest BCUT2D eigenvalue weighted by Gasteiger charge is 2.20. The van der Waals surface area contributed by atoms with Gasteiger partial charge in [0.05, 0.1) is 12.4 Å². The summed E-state index contributed by atoms with van der Waals surface area (Å²) in [5, 5.41) is 4.81. The summed E-state index contributed by atoms with van der Waals surface area (Å²) in [6.45, 7) is 5.05. The molecule has 2 aromatic heterocycles. The van der Waals surface area contributed by atoms with Gasteiger partial charge in [-0.05, 0) is 73.9 Å². The Kier molecular flexibility index (Phi) is 5.13. The Morgan fingerprint density at radius 1 is 1.15 bits per heavy atom. The van der Waals surface area contributed by atoms with Crippen LogP contribution < -0.4 is 0 Å². The van der Waals surface area contributed by atoms with Crippen LogP contribution in [0.25, 0.3) is 17.1 Å². The summed E-state index contributed by atoms with van der Waals surface area (Å²) in [7, 11) is 0. The molecule has 1 aromatic carbocycles. The number of rotatable bonds is 4. The fourth-order valence-corrected chi connectivity index (χ4v) is 3.91. The molecule has 0 spiro atoms. The molecule has 1 aliphatic rings. The van der Waals surface area contributed by atoms with Crippen molar-refractivity contribution in [2.45, 2.75) is 26.4 Å². The first-order valence-corrected chi connectivity index (χ1v) is 9.61. The summed E-state index contributed by atoms with van der Waals surface area (Å²) < 4.78 is 17.8. The highest BCUT2D eigenvalue weighted by molar-refractivity contribution is 7.71. The third-order valence-electron chi connectivity index (χ3n) is 4.94. The van der Waals surface area contributed by atoms with Crippen molar-refractivity contribution in [3.8, 4) is 17.1 Å². The van der Waals surface area contributed by atoms with Crippen molar-refractivity contribution in [3.05, 3.63) is 59.4 Å². The van der Waals surface area contributed by atoms with Crippen molar-refractivity contribution in [2.24, 2.45) is 5.92 Å². The average molecular weight is 383 g/mol. The van der Waals surface area contributed by atoms with E-state index in [-0.39, 0.29) is 5.82 Å². The number of likely N-dealkylation sites (tertiary alicyclic amines) is 1. The molecule has 0 radical (unpaired) electrons. The van der Waals surface area contributed by atoms with Crippen molar-refractivity contribution < 1.29 is 4.39 Å². The molecule has 3 aromatic rings. The number of halogens is 1. The van der Waals surface area contributed by atoms with E-state index >= 15 is 0 Å². The monoisotopic (exact) mass is 383 g/mol. The normalized spacial score (nSPS) is 17.9. The Balaban J connectivity index is 1.77. The largest absolute Gasteiger partial charge is 0.284 e. The van der Waals surface area contributed by atoms with Crippen LogP contribution in [0.2, 0.25) is 0 Å². The lowest BCUT2D eigenvalue weighted by molar-refractivity contribution is 0.138. The van der Waals surface area contributed by atoms with Crippen molar-refractivity contribution >= 4 is 12.2 Å². The smallest absolute Gasteiger partial charge is 0.204 e. The molecule has 0 amide bonds. The quantitative estimate of drug-likeness (QED) is 0.630. The van der Waals surface area contributed by atoms with E-state index in [2.05, 4.69) is 16.8 Å². The molecule has 0 saturated carbocycles. The first kappa shape index (κ1) is 18.0. The summed E-state index contributed by atoms with van der Waals surface area (Å²) in [6, 6.07) is 10.2. The molecule has 1 atom stereocenters. The van der Waals surface area contributed by atoms with Crippen LogP contribution in [0.3, 0.4) is 0 Å². The third kappa shape index (κ3) is 3.84. The lowest BCUT2D eigenvalue weighted by Gasteiger charge is -2.30. The highest BCUT2D eigenvalue weighted by Crippen LogP contribution is 2.23. The van der Waals surface area contributed by atoms with Gasteiger partial charge in [0, 0.05) is 24.5 Å². The van der Waals surface area contributed by atoms with Crippen LogP contribution in [0.1, 0.15) is 19.8 Å². The number of hydrogen-bond acceptors (Lipinski definition) is 4. The first-order chi connectivity index (χ1) is 13.1. The van der Waals surface area contributed by atoms with Crippen molar-refractivity contribution in [1.82, 2.24) is 24.2 Å². The van der Waals surface area contributed by atoms with E-state index in [9.17, 15) is 4.39 Å². The topological polar surface area (TPSA) is 38.9 Å². The fourth-order valence-electron chi connectivity index (χ4n) is 3.62. The van der Waals surface area contributed by atoms with Gasteiger partial charge in [-0.25, -0.2) is 9.07 Å². The van der Waals surface area contributed by atoms with E-state index in [4.69, 9.17) is 17.3 Å². The number of benzene rings is 1. The minimum Gasteiger partial charge on any atom is -0.284 e. The van der Waals surface area contributed by atoms with E-state index in [1.165, 1.54) is 25.0 Å². The molecule has 1 aliphatic heterocycles. The molecule has 0 N–H and O–H groups in total. The molecule has 4 rings (SSSR count). The van der Waals surface area contributed by atoms with Crippen molar-refractivity contribution in [2.75, 3.05) is 13.1 Å². The minimum absolute atomic E-state index is 0.273. The van der Waals surface area contributed by atoms with Gasteiger partial charge in [0.25, 0.3) is 0 Å². The van der Waals surface area contributed by atoms with E-state index in [0.717, 1.165) is 30.2 Å². The lowest BCUT2D eigenvalue weighted by Crippen LogP contribution is -2.36. The van der Waals surface area contributed by atoms with E-state index in [1.807, 2.05) is 21.4 Å². The number of nitrogens with zero attached hydrogens (tertiary/aromatic N) is 5. The molecule has 1 saturated heterocycles. The van der Waals surface area contributed by atoms with Gasteiger partial charge >= 0.3 is 0 Å². The zero-order valence-electron chi connectivity index (χ0n) is 15.3. The number of pyridine rings is 1. The van der Waals surface area contributed by atoms with Crippen LogP contribution in [0, 0.1) is 16.5 Å². The van der Waals surface area contributed by atoms with Gasteiger partial charge in [0.15, 0.2) is 5.82 Å². The molecule has 0 aliphatic carbocycles. The molecule has 7 heteroatoms. The zero-order valence-corrected chi connectivity index (χ0v) is 16.1. The maximum atomic E-state index is 13.4. The summed E-state index contributed by atoms with van der Waals surface area (Å²) >= 11 is 5.75. The Labute approximate surface area is 163 Å². The minimum atomic E-state index is -0.273. The van der Waals surface area contributed by atoms with E-state index < -0.39 is 0 Å². The van der Waals surface area contributed by atoms with Crippen molar-refractivity contribution in [3.63, 3.8) is 0 Å². The predicted molar refractivity (Wildman–Crippen MR) is 106 cm³/mol. The first-order valence-electron chi connectivity index (χ1n) is 9.20. The third-order valence-corrected chi connectivity index (χ3v) is 5.33. The Bertz CT molecular complexity index is 964. The lowest BCUT2D eigenvalue weighted by atomic mass is 10.0. The van der Waals surface area contributed by atoms with Crippen LogP contribution in [0.4, 0.5) is 4.39 Å². The predicted octanol–water partition coefficient (Wildman–Crippen LogP) is 4.29. The number of hydrogen-bond donors (Lipinski definition) is 0. The zero-order chi connectivity index (χ0) is 18.8. The van der Waals surface area contributed by atoms with Crippen LogP contribution in [0.15, 0.2) is 48.8 Å². The van der Waals surface area contributed by atoms with Crippen LogP contribution in [0.5, 0.6) is 0 Å². The van der Waals surface area contributed by atoms with Crippen LogP contribution in [-0.2, 0) is 6.67 Å². The summed E-state index contributed by atoms with van der Waals surface area (Å²) in [5.74, 6) is 1.15. The molecule has 0 bridgehead atoms. The maximum Gasteiger partial charge on any atom is 0.204 e. The Morgan fingerprint density at radius 2 is 1.89 bits per heavy atom. The standard InChI is InChI=1S/C20H22FN5S/c1-15-3-2-12-24(13-15)14-25-20(27)26(18-6-4-17(21)5-7-18)19(23-25)16-8-10-22-11-9-16/h4-11,15H,2-3,12-14H2,1H3/t15-/m0/s1. The maximum absolute atomic E-state index is 13.4. The molecular weight excluding hydrogens is 361 g/mol. The average Bonchev–Trinajstić information content (AvgIpc) is 3.00. The second-order valence-electron chi connectivity index (χ2n) is 7.12. The second kappa shape index (κ2) is 7.70. The van der Waals surface area contributed by atoms with Gasteiger partial charge in [-0.15, -0.1) is 5.10 Å². The molecule has 1 fully saturated rings. The van der Waals surface area contributed by atoms with Gasteiger partial charge in [0.1, 0.15) is 5.82 Å². The Hall–Kier alpha value is -2.38. The fraction of sp³-hybridized carbons (Fsp3) is 0.350. The van der Waals surface area contributed by atoms with Gasteiger partial charge < -0.3 is 0 Å². The molecule has 27 heavy (non-hydrogen) atoms. The van der Waals surface area contributed by atoms with Crippen LogP contribution >= 0.6 is 12.2 Å². The summed E-state index contributed by atoms with van der Waals surface area (Å²) in [5.41, 5.74) is 1.72. The van der Waals surface area contributed by atoms with E-state index in [1.54, 1.807) is 24.5 Å². The Morgan fingerprint density at radius 3 is 2.59 bits per heavy atom. The number of piperidine rings is 1. The van der Waals surface area contributed by atoms with Crippen molar-refractivity contribution in [1.29, 1.82) is 0 Å². The number of aromatic nitrogens is 4. The van der Waals surface area contributed by atoms with Gasteiger partial charge in [-0.2, -0.15) is 0 Å². The van der Waals surface area contributed by atoms with Gasteiger partial charge in [-0.3, -0.25) is 14.5 Å². The molecule has 0 unspecified atom stereocenters. The highest BCUT2D eigenvalue weighted by atomic mass is 32.1. The van der Waals surface area contributed by atoms with Gasteiger partial charge in [-0.1, -0.05) is 6.92 Å². The molecule has 140 valence electrons. The van der Waals surface area contributed by atoms with E-state index in [0.29, 0.717) is 17.4 Å². The summed E-state index contributed by atoms with van der Waals surface area (Å²) in [6.07, 6.45) is 5.94. The molecular formula is C20H22FN5S. The molecule has 5 nitrogen and oxygen atoms in total. The van der Waals surface area contributed by atoms with Gasteiger partial charge in [0.2, 0.25) is 4.77 Å².